The molecule has 0 radical (unpaired) electrons. The van der Waals surface area contributed by atoms with Crippen LogP contribution in [0.15, 0.2) is 54.6 Å². The van der Waals surface area contributed by atoms with Crippen molar-refractivity contribution in [3.05, 3.63) is 65.7 Å². The molecule has 0 aliphatic heterocycles. The van der Waals surface area contributed by atoms with Crippen molar-refractivity contribution >= 4 is 11.8 Å². The predicted octanol–water partition coefficient (Wildman–Crippen LogP) is 4.14. The van der Waals surface area contributed by atoms with Crippen molar-refractivity contribution in [2.24, 2.45) is 0 Å². The van der Waals surface area contributed by atoms with Gasteiger partial charge in [-0.2, -0.15) is 0 Å². The molecule has 0 aliphatic carbocycles. The molecular formula is C25H34N2O3. The van der Waals surface area contributed by atoms with Crippen LogP contribution in [0.1, 0.15) is 44.7 Å². The molecular weight excluding hydrogens is 376 g/mol. The van der Waals surface area contributed by atoms with Gasteiger partial charge in [0.25, 0.3) is 5.91 Å². The number of hydrogen-bond donors (Lipinski definition) is 1. The lowest BCUT2D eigenvalue weighted by Crippen LogP contribution is -2.52. The van der Waals surface area contributed by atoms with Gasteiger partial charge in [-0.3, -0.25) is 9.59 Å². The summed E-state index contributed by atoms with van der Waals surface area (Å²) in [6.45, 7) is 8.26. The maximum atomic E-state index is 13.1. The van der Waals surface area contributed by atoms with Crippen LogP contribution in [0.2, 0.25) is 0 Å². The zero-order valence-electron chi connectivity index (χ0n) is 18.6. The maximum absolute atomic E-state index is 13.1. The fourth-order valence-corrected chi connectivity index (χ4v) is 3.28. The monoisotopic (exact) mass is 410 g/mol. The van der Waals surface area contributed by atoms with E-state index in [9.17, 15) is 9.59 Å². The highest BCUT2D eigenvalue weighted by Crippen LogP contribution is 2.17. The van der Waals surface area contributed by atoms with Crippen LogP contribution in [0.3, 0.4) is 0 Å². The van der Waals surface area contributed by atoms with E-state index in [2.05, 4.69) is 5.32 Å². The Morgan fingerprint density at radius 1 is 1.00 bits per heavy atom. The molecule has 5 nitrogen and oxygen atoms in total. The Hall–Kier alpha value is -2.82. The van der Waals surface area contributed by atoms with Crippen molar-refractivity contribution in [2.45, 2.75) is 59.0 Å². The molecule has 0 saturated carbocycles. The van der Waals surface area contributed by atoms with Crippen LogP contribution in [0.5, 0.6) is 5.75 Å². The summed E-state index contributed by atoms with van der Waals surface area (Å²) in [5, 5.41) is 3.02. The summed E-state index contributed by atoms with van der Waals surface area (Å²) in [5.41, 5.74) is 2.11. The van der Waals surface area contributed by atoms with Gasteiger partial charge < -0.3 is 15.0 Å². The van der Waals surface area contributed by atoms with Crippen molar-refractivity contribution in [3.8, 4) is 5.75 Å². The summed E-state index contributed by atoms with van der Waals surface area (Å²) in [6.07, 6.45) is 2.08. The predicted molar refractivity (Wildman–Crippen MR) is 121 cm³/mol. The molecule has 2 amide bonds. The Morgan fingerprint density at radius 2 is 1.67 bits per heavy atom. The lowest BCUT2D eigenvalue weighted by molar-refractivity contribution is -0.142. The summed E-state index contributed by atoms with van der Waals surface area (Å²) in [5.74, 6) is 0.399. The lowest BCUT2D eigenvalue weighted by Gasteiger charge is -2.31. The van der Waals surface area contributed by atoms with Crippen LogP contribution in [0.4, 0.5) is 0 Å². The second-order valence-corrected chi connectivity index (χ2v) is 7.62. The molecule has 30 heavy (non-hydrogen) atoms. The highest BCUT2D eigenvalue weighted by Gasteiger charge is 2.29. The molecule has 162 valence electrons. The summed E-state index contributed by atoms with van der Waals surface area (Å²) >= 11 is 0. The number of amides is 2. The minimum Gasteiger partial charge on any atom is -0.484 e. The average Bonchev–Trinajstić information content (AvgIpc) is 2.76. The summed E-state index contributed by atoms with van der Waals surface area (Å²) in [7, 11) is 0. The largest absolute Gasteiger partial charge is 0.484 e. The van der Waals surface area contributed by atoms with Crippen LogP contribution in [-0.2, 0) is 16.0 Å². The zero-order valence-corrected chi connectivity index (χ0v) is 18.6. The number of hydrogen-bond acceptors (Lipinski definition) is 3. The normalized spacial score (nSPS) is 12.7. The quantitative estimate of drug-likeness (QED) is 0.606. The van der Waals surface area contributed by atoms with Crippen molar-refractivity contribution in [1.82, 2.24) is 10.2 Å². The van der Waals surface area contributed by atoms with Crippen LogP contribution < -0.4 is 10.1 Å². The molecule has 0 heterocycles. The van der Waals surface area contributed by atoms with Gasteiger partial charge in [-0.25, -0.2) is 0 Å². The van der Waals surface area contributed by atoms with Crippen LogP contribution in [-0.4, -0.2) is 41.9 Å². The molecule has 0 fully saturated rings. The third kappa shape index (κ3) is 6.90. The van der Waals surface area contributed by atoms with E-state index in [1.54, 1.807) is 4.90 Å². The van der Waals surface area contributed by atoms with E-state index in [0.29, 0.717) is 25.1 Å². The third-order valence-corrected chi connectivity index (χ3v) is 5.32. The highest BCUT2D eigenvalue weighted by molar-refractivity contribution is 5.88. The maximum Gasteiger partial charge on any atom is 0.261 e. The van der Waals surface area contributed by atoms with Gasteiger partial charge in [0.2, 0.25) is 5.91 Å². The number of rotatable bonds is 11. The SMILES string of the molecule is CCC(C)NC(=O)C(CC)N(CCc1ccccc1)C(=O)COc1ccccc1C. The van der Waals surface area contributed by atoms with Crippen molar-refractivity contribution in [2.75, 3.05) is 13.2 Å². The number of benzene rings is 2. The number of nitrogens with one attached hydrogen (secondary N) is 1. The molecule has 2 aromatic carbocycles. The van der Waals surface area contributed by atoms with E-state index in [0.717, 1.165) is 17.5 Å². The molecule has 2 atom stereocenters. The van der Waals surface area contributed by atoms with E-state index < -0.39 is 6.04 Å². The molecule has 2 aromatic rings. The zero-order chi connectivity index (χ0) is 21.9. The minimum absolute atomic E-state index is 0.0702. The first-order valence-corrected chi connectivity index (χ1v) is 10.8. The minimum atomic E-state index is -0.518. The number of nitrogens with zero attached hydrogens (tertiary/aromatic N) is 1. The molecule has 5 heteroatoms. The van der Waals surface area contributed by atoms with Gasteiger partial charge in [0, 0.05) is 12.6 Å². The summed E-state index contributed by atoms with van der Waals surface area (Å²) in [4.78, 5) is 27.7. The second kappa shape index (κ2) is 12.0. The van der Waals surface area contributed by atoms with E-state index in [-0.39, 0.29) is 24.5 Å². The standard InChI is InChI=1S/C25H34N2O3/c1-5-20(4)26-25(29)22(6-2)27(17-16-21-13-8-7-9-14-21)24(28)18-30-23-15-11-10-12-19(23)3/h7-15,20,22H,5-6,16-18H2,1-4H3,(H,26,29). The number of aryl methyl sites for hydroxylation is 1. The van der Waals surface area contributed by atoms with Crippen LogP contribution >= 0.6 is 0 Å². The Balaban J connectivity index is 2.14. The Labute approximate surface area is 180 Å². The van der Waals surface area contributed by atoms with Gasteiger partial charge in [-0.05, 0) is 50.3 Å². The Morgan fingerprint density at radius 3 is 2.30 bits per heavy atom. The Kier molecular flexibility index (Phi) is 9.39. The summed E-state index contributed by atoms with van der Waals surface area (Å²) in [6, 6.07) is 17.2. The molecule has 0 saturated heterocycles. The van der Waals surface area contributed by atoms with Gasteiger partial charge >= 0.3 is 0 Å². The average molecular weight is 411 g/mol. The molecule has 2 unspecified atom stereocenters. The first-order chi connectivity index (χ1) is 14.5. The first kappa shape index (κ1) is 23.5. The van der Waals surface area contributed by atoms with E-state index >= 15 is 0 Å². The van der Waals surface area contributed by atoms with Gasteiger partial charge in [0.15, 0.2) is 6.61 Å². The topological polar surface area (TPSA) is 58.6 Å². The molecule has 0 aliphatic rings. The molecule has 0 bridgehead atoms. The second-order valence-electron chi connectivity index (χ2n) is 7.62. The van der Waals surface area contributed by atoms with Crippen molar-refractivity contribution in [3.63, 3.8) is 0 Å². The molecule has 2 rings (SSSR count). The van der Waals surface area contributed by atoms with Crippen LogP contribution in [0, 0.1) is 6.92 Å². The van der Waals surface area contributed by atoms with Gasteiger partial charge in [0.05, 0.1) is 0 Å². The number of carbonyl (C=O) groups is 2. The van der Waals surface area contributed by atoms with Gasteiger partial charge in [-0.15, -0.1) is 0 Å². The van der Waals surface area contributed by atoms with E-state index in [1.165, 1.54) is 0 Å². The fraction of sp³-hybridized carbons (Fsp3) is 0.440. The number of para-hydroxylation sites is 1. The van der Waals surface area contributed by atoms with E-state index in [1.807, 2.05) is 82.3 Å². The smallest absolute Gasteiger partial charge is 0.261 e. The van der Waals surface area contributed by atoms with Gasteiger partial charge in [-0.1, -0.05) is 62.4 Å². The Bertz CT molecular complexity index is 807. The van der Waals surface area contributed by atoms with E-state index in [4.69, 9.17) is 4.74 Å². The number of carbonyl (C=O) groups excluding carboxylic acids is 2. The lowest BCUT2D eigenvalue weighted by atomic mass is 10.1. The highest BCUT2D eigenvalue weighted by atomic mass is 16.5. The third-order valence-electron chi connectivity index (χ3n) is 5.32. The van der Waals surface area contributed by atoms with Gasteiger partial charge in [0.1, 0.15) is 11.8 Å². The first-order valence-electron chi connectivity index (χ1n) is 10.8. The molecule has 0 spiro atoms. The number of ether oxygens (including phenoxy) is 1. The van der Waals surface area contributed by atoms with Crippen LogP contribution in [0.25, 0.3) is 0 Å². The summed E-state index contributed by atoms with van der Waals surface area (Å²) < 4.78 is 5.79. The van der Waals surface area contributed by atoms with Crippen molar-refractivity contribution < 1.29 is 14.3 Å². The molecule has 0 aromatic heterocycles. The fourth-order valence-electron chi connectivity index (χ4n) is 3.28. The molecule has 1 N–H and O–H groups in total. The van der Waals surface area contributed by atoms with Crippen molar-refractivity contribution in [1.29, 1.82) is 0 Å².